The molecule has 26 heavy (non-hydrogen) atoms. The van der Waals surface area contributed by atoms with E-state index in [-0.39, 0.29) is 12.5 Å². The molecule has 0 radical (unpaired) electrons. The Labute approximate surface area is 152 Å². The van der Waals surface area contributed by atoms with E-state index in [2.05, 4.69) is 5.32 Å². The van der Waals surface area contributed by atoms with Crippen molar-refractivity contribution >= 4 is 11.9 Å². The predicted molar refractivity (Wildman–Crippen MR) is 97.8 cm³/mol. The van der Waals surface area contributed by atoms with E-state index in [0.717, 1.165) is 5.56 Å². The van der Waals surface area contributed by atoms with Gasteiger partial charge in [-0.05, 0) is 37.6 Å². The topological polar surface area (TPSA) is 84.9 Å². The van der Waals surface area contributed by atoms with Crippen LogP contribution in [-0.2, 0) is 11.2 Å². The Morgan fingerprint density at radius 3 is 2.35 bits per heavy atom. The minimum atomic E-state index is -1.09. The fourth-order valence-electron chi connectivity index (χ4n) is 2.45. The van der Waals surface area contributed by atoms with Crippen LogP contribution in [0.1, 0.15) is 29.8 Å². The van der Waals surface area contributed by atoms with E-state index in [1.54, 1.807) is 12.1 Å². The van der Waals surface area contributed by atoms with Crippen LogP contribution in [0, 0.1) is 0 Å². The number of carbonyl (C=O) groups is 2. The monoisotopic (exact) mass is 357 g/mol. The Kier molecular flexibility index (Phi) is 6.60. The van der Waals surface area contributed by atoms with Crippen molar-refractivity contribution in [3.8, 4) is 11.5 Å². The summed E-state index contributed by atoms with van der Waals surface area (Å²) in [5.41, 5.74) is 1.13. The first-order valence-corrected chi connectivity index (χ1v) is 8.33. The van der Waals surface area contributed by atoms with Gasteiger partial charge in [0, 0.05) is 12.0 Å². The number of hydrogen-bond acceptors (Lipinski definition) is 4. The maximum atomic E-state index is 12.5. The SMILES string of the molecule is COc1cc(C(=O)N[C@H](Cc2ccccc2)C(=O)O)ccc1OC(C)C. The van der Waals surface area contributed by atoms with E-state index in [4.69, 9.17) is 9.47 Å². The van der Waals surface area contributed by atoms with Crippen LogP contribution >= 0.6 is 0 Å². The van der Waals surface area contributed by atoms with Gasteiger partial charge in [0.1, 0.15) is 6.04 Å². The molecule has 138 valence electrons. The van der Waals surface area contributed by atoms with Crippen LogP contribution in [0.4, 0.5) is 0 Å². The average Bonchev–Trinajstić information content (AvgIpc) is 2.61. The Hall–Kier alpha value is -3.02. The van der Waals surface area contributed by atoms with Crippen molar-refractivity contribution in [3.63, 3.8) is 0 Å². The summed E-state index contributed by atoms with van der Waals surface area (Å²) in [6.07, 6.45) is 0.166. The first-order valence-electron chi connectivity index (χ1n) is 8.33. The van der Waals surface area contributed by atoms with Gasteiger partial charge in [0.2, 0.25) is 0 Å². The molecule has 0 heterocycles. The number of carboxylic acids is 1. The lowest BCUT2D eigenvalue weighted by Crippen LogP contribution is -2.42. The average molecular weight is 357 g/mol. The molecule has 2 rings (SSSR count). The zero-order valence-corrected chi connectivity index (χ0v) is 15.1. The van der Waals surface area contributed by atoms with E-state index < -0.39 is 17.9 Å². The van der Waals surface area contributed by atoms with Crippen molar-refractivity contribution in [3.05, 3.63) is 59.7 Å². The van der Waals surface area contributed by atoms with Gasteiger partial charge in [0.25, 0.3) is 5.91 Å². The molecule has 0 spiro atoms. The van der Waals surface area contributed by atoms with Crippen molar-refractivity contribution in [2.45, 2.75) is 32.4 Å². The molecule has 0 aliphatic rings. The molecule has 1 atom stereocenters. The first kappa shape index (κ1) is 19.3. The summed E-state index contributed by atoms with van der Waals surface area (Å²) in [7, 11) is 1.49. The minimum absolute atomic E-state index is 0.0363. The van der Waals surface area contributed by atoms with Crippen LogP contribution in [0.25, 0.3) is 0 Å². The van der Waals surface area contributed by atoms with Crippen molar-refractivity contribution in [1.29, 1.82) is 0 Å². The quantitative estimate of drug-likeness (QED) is 0.759. The molecule has 2 aromatic rings. The highest BCUT2D eigenvalue weighted by atomic mass is 16.5. The summed E-state index contributed by atoms with van der Waals surface area (Å²) >= 11 is 0. The maximum absolute atomic E-state index is 12.5. The summed E-state index contributed by atoms with van der Waals surface area (Å²) in [5.74, 6) is -0.629. The number of benzene rings is 2. The lowest BCUT2D eigenvalue weighted by molar-refractivity contribution is -0.139. The molecular formula is C20H23NO5. The minimum Gasteiger partial charge on any atom is -0.493 e. The van der Waals surface area contributed by atoms with Crippen molar-refractivity contribution in [2.75, 3.05) is 7.11 Å². The molecule has 0 fully saturated rings. The molecule has 0 aromatic heterocycles. The van der Waals surface area contributed by atoms with Gasteiger partial charge in [-0.1, -0.05) is 30.3 Å². The van der Waals surface area contributed by atoms with Gasteiger partial charge < -0.3 is 19.9 Å². The van der Waals surface area contributed by atoms with Crippen molar-refractivity contribution in [2.24, 2.45) is 0 Å². The second-order valence-corrected chi connectivity index (χ2v) is 6.09. The molecule has 0 bridgehead atoms. The molecule has 0 saturated carbocycles. The maximum Gasteiger partial charge on any atom is 0.326 e. The van der Waals surface area contributed by atoms with E-state index >= 15 is 0 Å². The number of aliphatic carboxylic acids is 1. The molecule has 0 aliphatic heterocycles. The van der Waals surface area contributed by atoms with Crippen LogP contribution in [-0.4, -0.2) is 36.2 Å². The Morgan fingerprint density at radius 1 is 1.08 bits per heavy atom. The molecule has 2 N–H and O–H groups in total. The molecular weight excluding hydrogens is 334 g/mol. The highest BCUT2D eigenvalue weighted by Crippen LogP contribution is 2.29. The number of ether oxygens (including phenoxy) is 2. The van der Waals surface area contributed by atoms with Gasteiger partial charge in [-0.3, -0.25) is 4.79 Å². The molecule has 0 unspecified atom stereocenters. The van der Waals surface area contributed by atoms with Gasteiger partial charge in [-0.15, -0.1) is 0 Å². The highest BCUT2D eigenvalue weighted by molar-refractivity contribution is 5.97. The largest absolute Gasteiger partial charge is 0.493 e. The molecule has 2 aromatic carbocycles. The van der Waals surface area contributed by atoms with E-state index in [0.29, 0.717) is 17.1 Å². The van der Waals surface area contributed by atoms with Crippen molar-refractivity contribution < 1.29 is 24.2 Å². The first-order chi connectivity index (χ1) is 12.4. The summed E-state index contributed by atoms with van der Waals surface area (Å²) in [6, 6.07) is 12.9. The number of nitrogens with one attached hydrogen (secondary N) is 1. The fraction of sp³-hybridized carbons (Fsp3) is 0.300. The third kappa shape index (κ3) is 5.24. The highest BCUT2D eigenvalue weighted by Gasteiger charge is 2.22. The lowest BCUT2D eigenvalue weighted by atomic mass is 10.1. The van der Waals surface area contributed by atoms with Crippen LogP contribution in [0.15, 0.2) is 48.5 Å². The van der Waals surface area contributed by atoms with E-state index in [1.807, 2.05) is 44.2 Å². The Bertz CT molecular complexity index is 758. The Morgan fingerprint density at radius 2 is 1.77 bits per heavy atom. The van der Waals surface area contributed by atoms with Gasteiger partial charge in [0.15, 0.2) is 11.5 Å². The summed E-state index contributed by atoms with van der Waals surface area (Å²) in [5, 5.41) is 12.0. The van der Waals surface area contributed by atoms with Gasteiger partial charge >= 0.3 is 5.97 Å². The molecule has 1 amide bonds. The normalized spacial score (nSPS) is 11.7. The van der Waals surface area contributed by atoms with Crippen LogP contribution in [0.5, 0.6) is 11.5 Å². The van der Waals surface area contributed by atoms with Crippen LogP contribution < -0.4 is 14.8 Å². The zero-order chi connectivity index (χ0) is 19.1. The number of methoxy groups -OCH3 is 1. The summed E-state index contributed by atoms with van der Waals surface area (Å²) in [6.45, 7) is 3.78. The number of rotatable bonds is 8. The molecule has 0 aliphatic carbocycles. The van der Waals surface area contributed by atoms with Gasteiger partial charge in [0.05, 0.1) is 13.2 Å². The van der Waals surface area contributed by atoms with Crippen LogP contribution in [0.3, 0.4) is 0 Å². The number of carboxylic acid groups (broad SMARTS) is 1. The Balaban J connectivity index is 2.14. The predicted octanol–water partition coefficient (Wildman–Crippen LogP) is 2.91. The lowest BCUT2D eigenvalue weighted by Gasteiger charge is -2.17. The second-order valence-electron chi connectivity index (χ2n) is 6.09. The van der Waals surface area contributed by atoms with E-state index in [1.165, 1.54) is 13.2 Å². The number of carbonyl (C=O) groups excluding carboxylic acids is 1. The molecule has 6 nitrogen and oxygen atoms in total. The molecule has 0 saturated heterocycles. The molecule has 6 heteroatoms. The summed E-state index contributed by atoms with van der Waals surface area (Å²) < 4.78 is 10.9. The van der Waals surface area contributed by atoms with Crippen molar-refractivity contribution in [1.82, 2.24) is 5.32 Å². The number of hydrogen-bond donors (Lipinski definition) is 2. The van der Waals surface area contributed by atoms with Gasteiger partial charge in [-0.25, -0.2) is 4.79 Å². The standard InChI is InChI=1S/C20H23NO5/c1-13(2)26-17-10-9-15(12-18(17)25-3)19(22)21-16(20(23)24)11-14-7-5-4-6-8-14/h4-10,12-13,16H,11H2,1-3H3,(H,21,22)(H,23,24)/t16-/m1/s1. The van der Waals surface area contributed by atoms with E-state index in [9.17, 15) is 14.7 Å². The summed E-state index contributed by atoms with van der Waals surface area (Å²) in [4.78, 5) is 24.0. The third-order valence-corrected chi connectivity index (χ3v) is 3.67. The second kappa shape index (κ2) is 8.89. The zero-order valence-electron chi connectivity index (χ0n) is 15.1. The number of amides is 1. The van der Waals surface area contributed by atoms with Gasteiger partial charge in [-0.2, -0.15) is 0 Å². The fourth-order valence-corrected chi connectivity index (χ4v) is 2.45. The smallest absolute Gasteiger partial charge is 0.326 e. The van der Waals surface area contributed by atoms with Crippen LogP contribution in [0.2, 0.25) is 0 Å². The third-order valence-electron chi connectivity index (χ3n) is 3.67.